The topological polar surface area (TPSA) is 63.7 Å². The Balaban J connectivity index is 1.33. The molecule has 5 nitrogen and oxygen atoms in total. The molecule has 1 aliphatic heterocycles. The number of benzene rings is 4. The highest BCUT2D eigenvalue weighted by Crippen LogP contribution is 2.34. The number of aryl methyl sites for hydroxylation is 1. The zero-order chi connectivity index (χ0) is 24.4. The van der Waals surface area contributed by atoms with Gasteiger partial charge in [0.15, 0.2) is 0 Å². The van der Waals surface area contributed by atoms with Crippen LogP contribution in [-0.2, 0) is 11.3 Å². The van der Waals surface area contributed by atoms with Gasteiger partial charge < -0.3 is 4.74 Å². The van der Waals surface area contributed by atoms with Crippen molar-refractivity contribution in [2.24, 2.45) is 0 Å². The van der Waals surface area contributed by atoms with Gasteiger partial charge in [-0.15, -0.1) is 0 Å². The van der Waals surface area contributed by atoms with Crippen LogP contribution >= 0.6 is 11.8 Å². The van der Waals surface area contributed by atoms with Gasteiger partial charge in [0.2, 0.25) is 0 Å². The molecule has 4 aromatic carbocycles. The van der Waals surface area contributed by atoms with Gasteiger partial charge in [-0.3, -0.25) is 14.5 Å². The van der Waals surface area contributed by atoms with Gasteiger partial charge in [-0.05, 0) is 64.9 Å². The van der Waals surface area contributed by atoms with Crippen LogP contribution < -0.4 is 4.74 Å². The van der Waals surface area contributed by atoms with Gasteiger partial charge in [-0.2, -0.15) is 0 Å². The van der Waals surface area contributed by atoms with Gasteiger partial charge in [0.25, 0.3) is 11.1 Å². The lowest BCUT2D eigenvalue weighted by atomic mass is 10.0. The Bertz CT molecular complexity index is 1490. The number of amides is 2. The average Bonchev–Trinajstić information content (AvgIpc) is 3.12. The SMILES string of the molecule is Cc1ccc(CN2C(=O)S/C(=C\c3cccc(OC(=O)c4cccc5ccccc45)c3)C2=O)cc1. The van der Waals surface area contributed by atoms with Crippen LogP contribution in [0.3, 0.4) is 0 Å². The number of imide groups is 1. The Morgan fingerprint density at radius 1 is 0.914 bits per heavy atom. The van der Waals surface area contributed by atoms with E-state index in [1.165, 1.54) is 4.90 Å². The minimum Gasteiger partial charge on any atom is -0.423 e. The third-order valence-electron chi connectivity index (χ3n) is 5.71. The molecule has 4 aromatic rings. The summed E-state index contributed by atoms with van der Waals surface area (Å²) in [6, 6.07) is 27.8. The summed E-state index contributed by atoms with van der Waals surface area (Å²) < 4.78 is 5.63. The molecule has 0 spiro atoms. The van der Waals surface area contributed by atoms with E-state index in [2.05, 4.69) is 0 Å². The van der Waals surface area contributed by atoms with Gasteiger partial charge in [-0.25, -0.2) is 4.79 Å². The minimum atomic E-state index is -0.461. The number of nitrogens with zero attached hydrogens (tertiary/aromatic N) is 1. The molecule has 0 saturated carbocycles. The lowest BCUT2D eigenvalue weighted by Crippen LogP contribution is -2.27. The van der Waals surface area contributed by atoms with Crippen molar-refractivity contribution in [2.75, 3.05) is 0 Å². The largest absolute Gasteiger partial charge is 0.423 e. The molecule has 1 saturated heterocycles. The van der Waals surface area contributed by atoms with E-state index in [0.717, 1.165) is 33.7 Å². The summed E-state index contributed by atoms with van der Waals surface area (Å²) in [6.07, 6.45) is 1.65. The van der Waals surface area contributed by atoms with Crippen molar-refractivity contribution in [3.8, 4) is 5.75 Å². The molecule has 0 bridgehead atoms. The number of fused-ring (bicyclic) bond motifs is 1. The number of carbonyl (C=O) groups excluding carboxylic acids is 3. The second-order valence-electron chi connectivity index (χ2n) is 8.24. The summed E-state index contributed by atoms with van der Waals surface area (Å²) in [4.78, 5) is 39.8. The summed E-state index contributed by atoms with van der Waals surface area (Å²) in [5.74, 6) is -0.438. The summed E-state index contributed by atoms with van der Waals surface area (Å²) in [7, 11) is 0. The second kappa shape index (κ2) is 9.60. The first-order chi connectivity index (χ1) is 17.0. The van der Waals surface area contributed by atoms with E-state index >= 15 is 0 Å². The minimum absolute atomic E-state index is 0.227. The maximum atomic E-state index is 12.9. The van der Waals surface area contributed by atoms with E-state index in [-0.39, 0.29) is 17.7 Å². The lowest BCUT2D eigenvalue weighted by Gasteiger charge is -2.12. The van der Waals surface area contributed by atoms with Crippen molar-refractivity contribution in [3.63, 3.8) is 0 Å². The molecule has 1 fully saturated rings. The molecule has 0 atom stereocenters. The fraction of sp³-hybridized carbons (Fsp3) is 0.0690. The number of hydrogen-bond donors (Lipinski definition) is 0. The van der Waals surface area contributed by atoms with E-state index < -0.39 is 5.97 Å². The molecule has 172 valence electrons. The van der Waals surface area contributed by atoms with Crippen molar-refractivity contribution in [1.29, 1.82) is 0 Å². The summed E-state index contributed by atoms with van der Waals surface area (Å²) in [5, 5.41) is 1.47. The van der Waals surface area contributed by atoms with Crippen LogP contribution in [0.25, 0.3) is 16.8 Å². The molecule has 0 radical (unpaired) electrons. The van der Waals surface area contributed by atoms with Crippen molar-refractivity contribution >= 4 is 45.7 Å². The smallest absolute Gasteiger partial charge is 0.344 e. The molecule has 0 aliphatic carbocycles. The monoisotopic (exact) mass is 479 g/mol. The Morgan fingerprint density at radius 3 is 2.49 bits per heavy atom. The van der Waals surface area contributed by atoms with Gasteiger partial charge >= 0.3 is 5.97 Å². The quantitative estimate of drug-likeness (QED) is 0.183. The molecule has 0 unspecified atom stereocenters. The Morgan fingerprint density at radius 2 is 1.66 bits per heavy atom. The zero-order valence-electron chi connectivity index (χ0n) is 18.9. The number of hydrogen-bond acceptors (Lipinski definition) is 5. The van der Waals surface area contributed by atoms with E-state index in [1.807, 2.05) is 67.6 Å². The molecule has 5 rings (SSSR count). The highest BCUT2D eigenvalue weighted by molar-refractivity contribution is 8.18. The first-order valence-electron chi connectivity index (χ1n) is 11.1. The summed E-state index contributed by atoms with van der Waals surface area (Å²) in [5.41, 5.74) is 3.14. The number of esters is 1. The third-order valence-corrected chi connectivity index (χ3v) is 6.62. The van der Waals surface area contributed by atoms with Crippen LogP contribution in [0.5, 0.6) is 5.75 Å². The molecular weight excluding hydrogens is 458 g/mol. The molecule has 6 heteroatoms. The maximum Gasteiger partial charge on any atom is 0.344 e. The normalized spacial score (nSPS) is 14.7. The van der Waals surface area contributed by atoms with Crippen molar-refractivity contribution < 1.29 is 19.1 Å². The predicted molar refractivity (Wildman–Crippen MR) is 138 cm³/mol. The number of ether oxygens (including phenoxy) is 1. The Kier molecular flexibility index (Phi) is 6.21. The number of carbonyl (C=O) groups is 3. The maximum absolute atomic E-state index is 12.9. The molecule has 0 N–H and O–H groups in total. The van der Waals surface area contributed by atoms with Crippen LogP contribution in [0.15, 0.2) is 95.9 Å². The zero-order valence-corrected chi connectivity index (χ0v) is 19.7. The molecule has 35 heavy (non-hydrogen) atoms. The van der Waals surface area contributed by atoms with E-state index in [4.69, 9.17) is 4.74 Å². The standard InChI is InChI=1S/C29H21NO4S/c1-19-12-14-20(15-13-19)18-30-27(31)26(35-29(30)33)17-21-6-4-9-23(16-21)34-28(32)25-11-5-8-22-7-2-3-10-24(22)25/h2-17H,18H2,1H3/b26-17-. The Labute approximate surface area is 207 Å². The van der Waals surface area contributed by atoms with Crippen LogP contribution in [-0.4, -0.2) is 22.0 Å². The molecule has 0 aromatic heterocycles. The van der Waals surface area contributed by atoms with Gasteiger partial charge in [0, 0.05) is 0 Å². The lowest BCUT2D eigenvalue weighted by molar-refractivity contribution is -0.123. The first kappa shape index (κ1) is 22.6. The third kappa shape index (κ3) is 4.88. The summed E-state index contributed by atoms with van der Waals surface area (Å²) >= 11 is 0.908. The van der Waals surface area contributed by atoms with Crippen molar-refractivity contribution in [2.45, 2.75) is 13.5 Å². The highest BCUT2D eigenvalue weighted by atomic mass is 32.2. The molecular formula is C29H21NO4S. The van der Waals surface area contributed by atoms with Crippen molar-refractivity contribution in [1.82, 2.24) is 4.90 Å². The van der Waals surface area contributed by atoms with Crippen LogP contribution in [0.2, 0.25) is 0 Å². The average molecular weight is 480 g/mol. The highest BCUT2D eigenvalue weighted by Gasteiger charge is 2.35. The van der Waals surface area contributed by atoms with Crippen LogP contribution in [0.4, 0.5) is 4.79 Å². The van der Waals surface area contributed by atoms with Crippen molar-refractivity contribution in [3.05, 3.63) is 118 Å². The van der Waals surface area contributed by atoms with E-state index in [1.54, 1.807) is 36.4 Å². The fourth-order valence-electron chi connectivity index (χ4n) is 3.90. The van der Waals surface area contributed by atoms with Crippen LogP contribution in [0, 0.1) is 6.92 Å². The van der Waals surface area contributed by atoms with E-state index in [0.29, 0.717) is 21.8 Å². The van der Waals surface area contributed by atoms with E-state index in [9.17, 15) is 14.4 Å². The second-order valence-corrected chi connectivity index (χ2v) is 9.24. The molecule has 1 aliphatic rings. The van der Waals surface area contributed by atoms with Gasteiger partial charge in [-0.1, -0.05) is 78.4 Å². The summed E-state index contributed by atoms with van der Waals surface area (Å²) in [6.45, 7) is 2.21. The Hall–Kier alpha value is -4.16. The van der Waals surface area contributed by atoms with Gasteiger partial charge in [0.1, 0.15) is 5.75 Å². The molecule has 2 amide bonds. The predicted octanol–water partition coefficient (Wildman–Crippen LogP) is 6.60. The number of thioether (sulfide) groups is 1. The molecule has 1 heterocycles. The van der Waals surface area contributed by atoms with Gasteiger partial charge in [0.05, 0.1) is 17.0 Å². The number of rotatable bonds is 5. The first-order valence-corrected chi connectivity index (χ1v) is 11.9. The fourth-order valence-corrected chi connectivity index (χ4v) is 4.74. The van der Waals surface area contributed by atoms with Crippen LogP contribution in [0.1, 0.15) is 27.0 Å².